The van der Waals surface area contributed by atoms with E-state index in [-0.39, 0.29) is 11.7 Å². The molecular formula is C32H44N10O5S. The maximum atomic E-state index is 12.7. The number of carbonyl (C=O) groups is 2. The second-order valence-corrected chi connectivity index (χ2v) is 14.0. The van der Waals surface area contributed by atoms with Gasteiger partial charge in [0.25, 0.3) is 5.91 Å². The SMILES string of the molecule is CCS(=O)(=O)N1CCN(c2nc(-c3ccc(NC(=O)Nc4ccc(C(=O)NCCCN(C)C)cc4)cc3)nc(N3CCOCC3)n2)CC1. The molecule has 0 aliphatic carbocycles. The van der Waals surface area contributed by atoms with Gasteiger partial charge < -0.3 is 35.4 Å². The Morgan fingerprint density at radius 1 is 0.812 bits per heavy atom. The number of aromatic nitrogens is 3. The summed E-state index contributed by atoms with van der Waals surface area (Å²) in [6.07, 6.45) is 0.859. The van der Waals surface area contributed by atoms with Crippen LogP contribution in [-0.4, -0.2) is 130 Å². The van der Waals surface area contributed by atoms with E-state index >= 15 is 0 Å². The first-order valence-corrected chi connectivity index (χ1v) is 17.7. The molecule has 258 valence electrons. The third-order valence-electron chi connectivity index (χ3n) is 8.06. The van der Waals surface area contributed by atoms with Crippen LogP contribution in [-0.2, 0) is 14.8 Å². The van der Waals surface area contributed by atoms with Gasteiger partial charge in [-0.15, -0.1) is 0 Å². The Hall–Kier alpha value is -4.38. The highest BCUT2D eigenvalue weighted by Gasteiger charge is 2.28. The van der Waals surface area contributed by atoms with Crippen LogP contribution in [0.25, 0.3) is 11.4 Å². The molecule has 3 amide bonds. The van der Waals surface area contributed by atoms with E-state index in [0.29, 0.717) is 93.7 Å². The first-order valence-electron chi connectivity index (χ1n) is 16.1. The molecule has 2 aromatic carbocycles. The van der Waals surface area contributed by atoms with Gasteiger partial charge in [-0.1, -0.05) is 0 Å². The average Bonchev–Trinajstić information content (AvgIpc) is 3.11. The zero-order valence-corrected chi connectivity index (χ0v) is 28.5. The van der Waals surface area contributed by atoms with Gasteiger partial charge in [-0.05, 0) is 82.5 Å². The molecule has 0 bridgehead atoms. The van der Waals surface area contributed by atoms with E-state index in [1.165, 1.54) is 4.31 Å². The second kappa shape index (κ2) is 16.1. The number of urea groups is 1. The van der Waals surface area contributed by atoms with Gasteiger partial charge in [0.2, 0.25) is 21.9 Å². The lowest BCUT2D eigenvalue weighted by molar-refractivity contribution is 0.0952. The minimum atomic E-state index is -3.26. The summed E-state index contributed by atoms with van der Waals surface area (Å²) in [6, 6.07) is 13.5. The quantitative estimate of drug-likeness (QED) is 0.240. The molecule has 0 unspecified atom stereocenters. The summed E-state index contributed by atoms with van der Waals surface area (Å²) >= 11 is 0. The molecule has 0 atom stereocenters. The number of morpholine rings is 1. The standard InChI is InChI=1S/C32H44N10O5S/c1-4-48(45,46)42-18-16-40(17-19-42)30-36-28(37-31(38-30)41-20-22-47-23-21-41)24-6-10-26(11-7-24)34-32(44)35-27-12-8-25(9-13-27)29(43)33-14-5-15-39(2)3/h6-13H,4-5,14-23H2,1-3H3,(H,33,43)(H2,34,35,44). The van der Waals surface area contributed by atoms with Crippen molar-refractivity contribution in [3.8, 4) is 11.4 Å². The minimum Gasteiger partial charge on any atom is -0.378 e. The van der Waals surface area contributed by atoms with Gasteiger partial charge in [-0.2, -0.15) is 19.3 Å². The molecule has 48 heavy (non-hydrogen) atoms. The molecule has 2 fully saturated rings. The first kappa shape index (κ1) is 34.9. The van der Waals surface area contributed by atoms with Crippen LogP contribution in [0.15, 0.2) is 48.5 Å². The molecule has 16 heteroatoms. The summed E-state index contributed by atoms with van der Waals surface area (Å²) in [4.78, 5) is 45.5. The number of nitrogens with zero attached hydrogens (tertiary/aromatic N) is 7. The number of rotatable bonds is 12. The summed E-state index contributed by atoms with van der Waals surface area (Å²) in [7, 11) is 0.719. The van der Waals surface area contributed by atoms with Crippen molar-refractivity contribution in [1.29, 1.82) is 0 Å². The van der Waals surface area contributed by atoms with Crippen LogP contribution < -0.4 is 25.8 Å². The molecule has 3 aromatic rings. The van der Waals surface area contributed by atoms with E-state index in [0.717, 1.165) is 18.5 Å². The highest BCUT2D eigenvalue weighted by molar-refractivity contribution is 7.89. The topological polar surface area (TPSA) is 165 Å². The van der Waals surface area contributed by atoms with E-state index in [4.69, 9.17) is 19.7 Å². The molecule has 2 aliphatic heterocycles. The fourth-order valence-corrected chi connectivity index (χ4v) is 6.36. The van der Waals surface area contributed by atoms with Crippen LogP contribution in [0.4, 0.5) is 28.1 Å². The molecule has 0 spiro atoms. The minimum absolute atomic E-state index is 0.0711. The number of nitrogens with one attached hydrogen (secondary N) is 3. The third kappa shape index (κ3) is 9.37. The Morgan fingerprint density at radius 3 is 1.94 bits per heavy atom. The smallest absolute Gasteiger partial charge is 0.323 e. The molecule has 1 aromatic heterocycles. The van der Waals surface area contributed by atoms with Crippen LogP contribution in [0.2, 0.25) is 0 Å². The first-order chi connectivity index (χ1) is 23.1. The molecule has 2 aliphatic rings. The summed E-state index contributed by atoms with van der Waals surface area (Å²) in [5.74, 6) is 1.42. The van der Waals surface area contributed by atoms with E-state index < -0.39 is 16.1 Å². The van der Waals surface area contributed by atoms with Crippen molar-refractivity contribution in [1.82, 2.24) is 29.5 Å². The van der Waals surface area contributed by atoms with Crippen molar-refractivity contribution in [3.63, 3.8) is 0 Å². The Labute approximate surface area is 281 Å². The molecule has 5 rings (SSSR count). The number of hydrogen-bond donors (Lipinski definition) is 3. The Bertz CT molecular complexity index is 1640. The predicted molar refractivity (Wildman–Crippen MR) is 186 cm³/mol. The number of ether oxygens (including phenoxy) is 1. The molecule has 3 N–H and O–H groups in total. The van der Waals surface area contributed by atoms with Crippen molar-refractivity contribution >= 4 is 45.2 Å². The molecule has 2 saturated heterocycles. The van der Waals surface area contributed by atoms with E-state index in [1.807, 2.05) is 31.1 Å². The zero-order valence-electron chi connectivity index (χ0n) is 27.7. The van der Waals surface area contributed by atoms with E-state index in [1.54, 1.807) is 43.3 Å². The van der Waals surface area contributed by atoms with E-state index in [2.05, 4.69) is 25.8 Å². The van der Waals surface area contributed by atoms with Crippen molar-refractivity contribution in [2.75, 3.05) is 106 Å². The van der Waals surface area contributed by atoms with Gasteiger partial charge in [0.1, 0.15) is 0 Å². The number of anilines is 4. The molecule has 0 radical (unpaired) electrons. The largest absolute Gasteiger partial charge is 0.378 e. The Balaban J connectivity index is 1.22. The van der Waals surface area contributed by atoms with E-state index in [9.17, 15) is 18.0 Å². The number of hydrogen-bond acceptors (Lipinski definition) is 11. The summed E-state index contributed by atoms with van der Waals surface area (Å²) in [6.45, 7) is 7.24. The highest BCUT2D eigenvalue weighted by atomic mass is 32.2. The number of amides is 3. The monoisotopic (exact) mass is 680 g/mol. The van der Waals surface area contributed by atoms with Crippen LogP contribution >= 0.6 is 0 Å². The van der Waals surface area contributed by atoms with Gasteiger partial charge >= 0.3 is 6.03 Å². The van der Waals surface area contributed by atoms with Gasteiger partial charge in [0, 0.05) is 68.3 Å². The second-order valence-electron chi connectivity index (χ2n) is 11.8. The summed E-state index contributed by atoms with van der Waals surface area (Å²) in [5, 5.41) is 8.52. The Morgan fingerprint density at radius 2 is 1.38 bits per heavy atom. The van der Waals surface area contributed by atoms with Gasteiger partial charge in [-0.3, -0.25) is 4.79 Å². The maximum Gasteiger partial charge on any atom is 0.323 e. The summed E-state index contributed by atoms with van der Waals surface area (Å²) < 4.78 is 31.8. The molecule has 15 nitrogen and oxygen atoms in total. The number of carbonyl (C=O) groups excluding carboxylic acids is 2. The van der Waals surface area contributed by atoms with Gasteiger partial charge in [-0.25, -0.2) is 13.2 Å². The fourth-order valence-electron chi connectivity index (χ4n) is 5.28. The zero-order chi connectivity index (χ0) is 34.1. The van der Waals surface area contributed by atoms with Gasteiger partial charge in [0.15, 0.2) is 5.82 Å². The molecular weight excluding hydrogens is 636 g/mol. The predicted octanol–water partition coefficient (Wildman–Crippen LogP) is 2.17. The normalized spacial score (nSPS) is 15.8. The van der Waals surface area contributed by atoms with Crippen molar-refractivity contribution in [2.45, 2.75) is 13.3 Å². The van der Waals surface area contributed by atoms with Crippen molar-refractivity contribution in [3.05, 3.63) is 54.1 Å². The third-order valence-corrected chi connectivity index (χ3v) is 9.94. The lowest BCUT2D eigenvalue weighted by Crippen LogP contribution is -2.49. The van der Waals surface area contributed by atoms with Crippen LogP contribution in [0.1, 0.15) is 23.7 Å². The molecule has 3 heterocycles. The van der Waals surface area contributed by atoms with Crippen LogP contribution in [0.3, 0.4) is 0 Å². The highest BCUT2D eigenvalue weighted by Crippen LogP contribution is 2.25. The Kier molecular flexibility index (Phi) is 11.8. The van der Waals surface area contributed by atoms with Crippen LogP contribution in [0.5, 0.6) is 0 Å². The number of benzene rings is 2. The number of piperazine rings is 1. The van der Waals surface area contributed by atoms with Crippen molar-refractivity contribution in [2.24, 2.45) is 0 Å². The van der Waals surface area contributed by atoms with Gasteiger partial charge in [0.05, 0.1) is 19.0 Å². The maximum absolute atomic E-state index is 12.7. The van der Waals surface area contributed by atoms with Crippen LogP contribution in [0, 0.1) is 0 Å². The fraction of sp³-hybridized carbons (Fsp3) is 0.469. The lowest BCUT2D eigenvalue weighted by atomic mass is 10.2. The average molecular weight is 681 g/mol. The molecule has 0 saturated carbocycles. The van der Waals surface area contributed by atoms with Crippen molar-refractivity contribution < 1.29 is 22.7 Å². The number of sulfonamides is 1. The summed E-state index contributed by atoms with van der Waals surface area (Å²) in [5.41, 5.74) is 2.38. The lowest BCUT2D eigenvalue weighted by Gasteiger charge is -2.34.